The summed E-state index contributed by atoms with van der Waals surface area (Å²) in [6.45, 7) is 6.31. The number of nitrogen functional groups attached to an aromatic ring is 1. The van der Waals surface area contributed by atoms with Crippen LogP contribution in [0.3, 0.4) is 0 Å². The molecule has 0 bridgehead atoms. The minimum atomic E-state index is 0.777. The molecular formula is C16H19NO. The molecule has 2 heteroatoms. The average Bonchev–Trinajstić information content (AvgIpc) is 2.35. The van der Waals surface area contributed by atoms with Gasteiger partial charge in [0.2, 0.25) is 0 Å². The van der Waals surface area contributed by atoms with Gasteiger partial charge in [-0.2, -0.15) is 0 Å². The van der Waals surface area contributed by atoms with Crippen LogP contribution < -0.4 is 10.5 Å². The first kappa shape index (κ1) is 12.5. The molecule has 2 N–H and O–H groups in total. The molecule has 2 nitrogen and oxygen atoms in total. The number of methoxy groups -OCH3 is 1. The highest BCUT2D eigenvalue weighted by Gasteiger charge is 2.13. The molecule has 0 saturated heterocycles. The van der Waals surface area contributed by atoms with E-state index in [2.05, 4.69) is 26.8 Å². The number of benzene rings is 2. The van der Waals surface area contributed by atoms with Gasteiger partial charge in [0.1, 0.15) is 5.75 Å². The molecule has 0 aliphatic heterocycles. The van der Waals surface area contributed by atoms with E-state index in [0.717, 1.165) is 22.6 Å². The summed E-state index contributed by atoms with van der Waals surface area (Å²) >= 11 is 0. The van der Waals surface area contributed by atoms with Crippen LogP contribution in [0.25, 0.3) is 11.1 Å². The summed E-state index contributed by atoms with van der Waals surface area (Å²) in [4.78, 5) is 0. The molecule has 18 heavy (non-hydrogen) atoms. The SMILES string of the molecule is COc1c(C)c(C)cc(C)c1-c1ccc(N)cc1. The van der Waals surface area contributed by atoms with Crippen LogP contribution >= 0.6 is 0 Å². The molecule has 0 spiro atoms. The Bertz CT molecular complexity index is 571. The van der Waals surface area contributed by atoms with Gasteiger partial charge in [-0.1, -0.05) is 18.2 Å². The zero-order valence-corrected chi connectivity index (χ0v) is 11.4. The molecule has 0 amide bonds. The van der Waals surface area contributed by atoms with Crippen LogP contribution in [-0.2, 0) is 0 Å². The lowest BCUT2D eigenvalue weighted by molar-refractivity contribution is 0.412. The molecule has 0 radical (unpaired) electrons. The van der Waals surface area contributed by atoms with E-state index in [1.165, 1.54) is 16.7 Å². The standard InChI is InChI=1S/C16H19NO/c1-10-9-11(2)15(16(18-4)12(10)3)13-5-7-14(17)8-6-13/h5-9H,17H2,1-4H3. The predicted octanol–water partition coefficient (Wildman–Crippen LogP) is 3.87. The van der Waals surface area contributed by atoms with Crippen molar-refractivity contribution in [2.75, 3.05) is 12.8 Å². The second kappa shape index (κ2) is 4.73. The lowest BCUT2D eigenvalue weighted by atomic mass is 9.94. The Labute approximate surface area is 108 Å². The van der Waals surface area contributed by atoms with Crippen molar-refractivity contribution in [1.82, 2.24) is 0 Å². The topological polar surface area (TPSA) is 35.2 Å². The first-order valence-electron chi connectivity index (χ1n) is 6.05. The Hall–Kier alpha value is -1.96. The molecule has 0 atom stereocenters. The van der Waals surface area contributed by atoms with Crippen LogP contribution in [0.1, 0.15) is 16.7 Å². The molecule has 2 aromatic rings. The van der Waals surface area contributed by atoms with E-state index < -0.39 is 0 Å². The average molecular weight is 241 g/mol. The first-order chi connectivity index (χ1) is 8.54. The number of aryl methyl sites for hydroxylation is 2. The third-order valence-electron chi connectivity index (χ3n) is 3.39. The molecule has 0 heterocycles. The van der Waals surface area contributed by atoms with Crippen molar-refractivity contribution < 1.29 is 4.74 Å². The highest BCUT2D eigenvalue weighted by Crippen LogP contribution is 2.37. The molecular weight excluding hydrogens is 222 g/mol. The molecule has 2 rings (SSSR count). The maximum absolute atomic E-state index is 5.74. The van der Waals surface area contributed by atoms with Gasteiger partial charge in [0.25, 0.3) is 0 Å². The summed E-state index contributed by atoms with van der Waals surface area (Å²) in [5, 5.41) is 0. The molecule has 0 aromatic heterocycles. The summed E-state index contributed by atoms with van der Waals surface area (Å²) in [5.41, 5.74) is 12.5. The number of hydrogen-bond donors (Lipinski definition) is 1. The summed E-state index contributed by atoms with van der Waals surface area (Å²) in [6.07, 6.45) is 0. The third-order valence-corrected chi connectivity index (χ3v) is 3.39. The largest absolute Gasteiger partial charge is 0.496 e. The minimum Gasteiger partial charge on any atom is -0.496 e. The highest BCUT2D eigenvalue weighted by molar-refractivity contribution is 5.77. The molecule has 2 aromatic carbocycles. The zero-order chi connectivity index (χ0) is 13.3. The number of ether oxygens (including phenoxy) is 1. The summed E-state index contributed by atoms with van der Waals surface area (Å²) in [5.74, 6) is 0.956. The molecule has 0 aliphatic carbocycles. The van der Waals surface area contributed by atoms with Crippen molar-refractivity contribution in [3.05, 3.63) is 47.0 Å². The number of hydrogen-bond acceptors (Lipinski definition) is 2. The quantitative estimate of drug-likeness (QED) is 0.810. The monoisotopic (exact) mass is 241 g/mol. The van der Waals surface area contributed by atoms with Crippen LogP contribution in [0.4, 0.5) is 5.69 Å². The maximum Gasteiger partial charge on any atom is 0.130 e. The van der Waals surface area contributed by atoms with Crippen LogP contribution in [-0.4, -0.2) is 7.11 Å². The summed E-state index contributed by atoms with van der Waals surface area (Å²) < 4.78 is 5.59. The molecule has 0 aliphatic rings. The van der Waals surface area contributed by atoms with Crippen molar-refractivity contribution in [3.63, 3.8) is 0 Å². The van der Waals surface area contributed by atoms with Gasteiger partial charge in [0.05, 0.1) is 7.11 Å². The van der Waals surface area contributed by atoms with Gasteiger partial charge in [0.15, 0.2) is 0 Å². The highest BCUT2D eigenvalue weighted by atomic mass is 16.5. The fourth-order valence-electron chi connectivity index (χ4n) is 2.31. The van der Waals surface area contributed by atoms with Gasteiger partial charge >= 0.3 is 0 Å². The van der Waals surface area contributed by atoms with E-state index in [1.54, 1.807) is 7.11 Å². The fraction of sp³-hybridized carbons (Fsp3) is 0.250. The summed E-state index contributed by atoms with van der Waals surface area (Å²) in [7, 11) is 1.72. The maximum atomic E-state index is 5.74. The van der Waals surface area contributed by atoms with Crippen molar-refractivity contribution in [3.8, 4) is 16.9 Å². The van der Waals surface area contributed by atoms with Gasteiger partial charge in [-0.25, -0.2) is 0 Å². The molecule has 94 valence electrons. The van der Waals surface area contributed by atoms with Crippen molar-refractivity contribution in [1.29, 1.82) is 0 Å². The van der Waals surface area contributed by atoms with Crippen molar-refractivity contribution >= 4 is 5.69 Å². The molecule has 0 unspecified atom stereocenters. The minimum absolute atomic E-state index is 0.777. The smallest absolute Gasteiger partial charge is 0.130 e. The van der Waals surface area contributed by atoms with Crippen molar-refractivity contribution in [2.45, 2.75) is 20.8 Å². The molecule has 0 saturated carbocycles. The Kier molecular flexibility index (Phi) is 3.28. The van der Waals surface area contributed by atoms with Crippen LogP contribution in [0, 0.1) is 20.8 Å². The Morgan fingerprint density at radius 3 is 2.11 bits per heavy atom. The van der Waals surface area contributed by atoms with Crippen LogP contribution in [0.5, 0.6) is 5.75 Å². The van der Waals surface area contributed by atoms with E-state index in [9.17, 15) is 0 Å². The Balaban J connectivity index is 2.70. The van der Waals surface area contributed by atoms with E-state index >= 15 is 0 Å². The van der Waals surface area contributed by atoms with Crippen LogP contribution in [0.2, 0.25) is 0 Å². The summed E-state index contributed by atoms with van der Waals surface area (Å²) in [6, 6.07) is 10.1. The number of rotatable bonds is 2. The third kappa shape index (κ3) is 2.06. The Morgan fingerprint density at radius 1 is 0.944 bits per heavy atom. The zero-order valence-electron chi connectivity index (χ0n) is 11.4. The number of anilines is 1. The van der Waals surface area contributed by atoms with E-state index in [1.807, 2.05) is 24.3 Å². The first-order valence-corrected chi connectivity index (χ1v) is 6.05. The van der Waals surface area contributed by atoms with E-state index in [0.29, 0.717) is 0 Å². The van der Waals surface area contributed by atoms with Gasteiger partial charge in [-0.15, -0.1) is 0 Å². The van der Waals surface area contributed by atoms with Gasteiger partial charge in [-0.05, 0) is 55.2 Å². The predicted molar refractivity (Wildman–Crippen MR) is 77.1 cm³/mol. The lowest BCUT2D eigenvalue weighted by Crippen LogP contribution is -1.97. The second-order valence-electron chi connectivity index (χ2n) is 4.67. The lowest BCUT2D eigenvalue weighted by Gasteiger charge is -2.17. The van der Waals surface area contributed by atoms with Crippen molar-refractivity contribution in [2.24, 2.45) is 0 Å². The van der Waals surface area contributed by atoms with E-state index in [-0.39, 0.29) is 0 Å². The van der Waals surface area contributed by atoms with Gasteiger partial charge < -0.3 is 10.5 Å². The van der Waals surface area contributed by atoms with Gasteiger partial charge in [-0.3, -0.25) is 0 Å². The normalized spacial score (nSPS) is 10.4. The van der Waals surface area contributed by atoms with Crippen LogP contribution in [0.15, 0.2) is 30.3 Å². The second-order valence-corrected chi connectivity index (χ2v) is 4.67. The number of nitrogens with two attached hydrogens (primary N) is 1. The van der Waals surface area contributed by atoms with E-state index in [4.69, 9.17) is 10.5 Å². The fourth-order valence-corrected chi connectivity index (χ4v) is 2.31. The molecule has 0 fully saturated rings. The van der Waals surface area contributed by atoms with Gasteiger partial charge in [0, 0.05) is 11.3 Å². The Morgan fingerprint density at radius 2 is 1.56 bits per heavy atom.